The predicted molar refractivity (Wildman–Crippen MR) is 110 cm³/mol. The number of rotatable bonds is 6. The Balaban J connectivity index is 1.68. The Labute approximate surface area is 174 Å². The Morgan fingerprint density at radius 3 is 2.48 bits per heavy atom. The second-order valence-corrected chi connectivity index (χ2v) is 8.97. The van der Waals surface area contributed by atoms with Crippen LogP contribution in [-0.2, 0) is 19.1 Å². The van der Waals surface area contributed by atoms with E-state index in [9.17, 15) is 14.4 Å². The summed E-state index contributed by atoms with van der Waals surface area (Å²) in [6.45, 7) is 8.55. The quantitative estimate of drug-likeness (QED) is 0.536. The van der Waals surface area contributed by atoms with Crippen molar-refractivity contribution in [3.63, 3.8) is 0 Å². The lowest BCUT2D eigenvalue weighted by Gasteiger charge is -2.32. The van der Waals surface area contributed by atoms with Crippen LogP contribution < -0.4 is 5.32 Å². The SMILES string of the molecule is C[C@@H](OC(=O)C1CCN(C(=O)OC(C)(C)C)CC1)C(=O)NCCC1=CCCCC1. The molecule has 1 fully saturated rings. The zero-order chi connectivity index (χ0) is 21.4. The molecule has 0 saturated carbocycles. The highest BCUT2D eigenvalue weighted by Crippen LogP contribution is 2.22. The fourth-order valence-electron chi connectivity index (χ4n) is 3.57. The first kappa shape index (κ1) is 23.2. The number of piperidine rings is 1. The van der Waals surface area contributed by atoms with E-state index in [4.69, 9.17) is 9.47 Å². The highest BCUT2D eigenvalue weighted by molar-refractivity contribution is 5.84. The van der Waals surface area contributed by atoms with Crippen molar-refractivity contribution in [2.24, 2.45) is 5.92 Å². The maximum absolute atomic E-state index is 12.4. The van der Waals surface area contributed by atoms with Gasteiger partial charge < -0.3 is 19.7 Å². The fourth-order valence-corrected chi connectivity index (χ4v) is 3.57. The number of hydrogen-bond acceptors (Lipinski definition) is 5. The maximum Gasteiger partial charge on any atom is 0.410 e. The van der Waals surface area contributed by atoms with Crippen LogP contribution in [0.2, 0.25) is 0 Å². The van der Waals surface area contributed by atoms with Crippen molar-refractivity contribution < 1.29 is 23.9 Å². The topological polar surface area (TPSA) is 84.9 Å². The minimum absolute atomic E-state index is 0.263. The number of hydrogen-bond donors (Lipinski definition) is 1. The van der Waals surface area contributed by atoms with Gasteiger partial charge in [0.15, 0.2) is 6.10 Å². The van der Waals surface area contributed by atoms with Gasteiger partial charge in [-0.05, 0) is 72.6 Å². The van der Waals surface area contributed by atoms with E-state index in [1.165, 1.54) is 18.4 Å². The second-order valence-electron chi connectivity index (χ2n) is 8.97. The van der Waals surface area contributed by atoms with Crippen LogP contribution in [0.25, 0.3) is 0 Å². The molecule has 0 aromatic carbocycles. The van der Waals surface area contributed by atoms with E-state index in [0.29, 0.717) is 32.5 Å². The summed E-state index contributed by atoms with van der Waals surface area (Å²) in [4.78, 5) is 38.3. The third-order valence-corrected chi connectivity index (χ3v) is 5.27. The molecule has 0 spiro atoms. The van der Waals surface area contributed by atoms with E-state index in [0.717, 1.165) is 19.3 Å². The number of amides is 2. The van der Waals surface area contributed by atoms with Gasteiger partial charge in [0, 0.05) is 19.6 Å². The van der Waals surface area contributed by atoms with Crippen LogP contribution in [0.3, 0.4) is 0 Å². The van der Waals surface area contributed by atoms with Crippen molar-refractivity contribution in [3.8, 4) is 0 Å². The van der Waals surface area contributed by atoms with Crippen LogP contribution in [0.4, 0.5) is 4.79 Å². The average molecular weight is 409 g/mol. The van der Waals surface area contributed by atoms with E-state index in [1.54, 1.807) is 11.8 Å². The molecule has 0 aromatic heterocycles. The number of carbonyl (C=O) groups is 3. The fraction of sp³-hybridized carbons (Fsp3) is 0.773. The molecular formula is C22H36N2O5. The molecule has 7 heteroatoms. The minimum atomic E-state index is -0.813. The molecule has 1 aliphatic carbocycles. The van der Waals surface area contributed by atoms with Crippen LogP contribution in [0.5, 0.6) is 0 Å². The highest BCUT2D eigenvalue weighted by Gasteiger charge is 2.32. The second kappa shape index (κ2) is 10.6. The summed E-state index contributed by atoms with van der Waals surface area (Å²) in [5.74, 6) is -0.927. The molecule has 7 nitrogen and oxygen atoms in total. The van der Waals surface area contributed by atoms with Crippen molar-refractivity contribution in [2.75, 3.05) is 19.6 Å². The number of nitrogens with one attached hydrogen (secondary N) is 1. The molecule has 1 N–H and O–H groups in total. The standard InChI is InChI=1S/C22H36N2O5/c1-16(19(25)23-13-10-17-8-6-5-7-9-17)28-20(26)18-11-14-24(15-12-18)21(27)29-22(2,3)4/h8,16,18H,5-7,9-15H2,1-4H3,(H,23,25)/t16-/m1/s1. The number of allylic oxidation sites excluding steroid dienone is 1. The molecule has 0 unspecified atom stereocenters. The zero-order valence-corrected chi connectivity index (χ0v) is 18.3. The summed E-state index contributed by atoms with van der Waals surface area (Å²) in [5, 5.41) is 2.86. The first-order valence-corrected chi connectivity index (χ1v) is 10.8. The molecule has 0 bridgehead atoms. The van der Waals surface area contributed by atoms with Crippen molar-refractivity contribution in [2.45, 2.75) is 84.3 Å². The largest absolute Gasteiger partial charge is 0.452 e. The number of carbonyl (C=O) groups excluding carboxylic acids is 3. The summed E-state index contributed by atoms with van der Waals surface area (Å²) in [7, 11) is 0. The van der Waals surface area contributed by atoms with Crippen LogP contribution >= 0.6 is 0 Å². The molecule has 2 amide bonds. The smallest absolute Gasteiger partial charge is 0.410 e. The van der Waals surface area contributed by atoms with E-state index < -0.39 is 11.7 Å². The van der Waals surface area contributed by atoms with Gasteiger partial charge in [0.25, 0.3) is 5.91 Å². The van der Waals surface area contributed by atoms with Crippen LogP contribution in [-0.4, -0.2) is 54.2 Å². The van der Waals surface area contributed by atoms with Crippen molar-refractivity contribution in [1.82, 2.24) is 10.2 Å². The Morgan fingerprint density at radius 1 is 1.21 bits per heavy atom. The van der Waals surface area contributed by atoms with Crippen molar-refractivity contribution in [1.29, 1.82) is 0 Å². The lowest BCUT2D eigenvalue weighted by molar-refractivity contribution is -0.160. The van der Waals surface area contributed by atoms with Gasteiger partial charge in [0.2, 0.25) is 0 Å². The van der Waals surface area contributed by atoms with Crippen LogP contribution in [0.15, 0.2) is 11.6 Å². The molecule has 2 aliphatic rings. The highest BCUT2D eigenvalue weighted by atomic mass is 16.6. The van der Waals surface area contributed by atoms with Crippen LogP contribution in [0, 0.1) is 5.92 Å². The molecule has 2 rings (SSSR count). The Hall–Kier alpha value is -2.05. The molecule has 1 aliphatic heterocycles. The number of esters is 1. The monoisotopic (exact) mass is 408 g/mol. The Bertz CT molecular complexity index is 615. The van der Waals surface area contributed by atoms with Gasteiger partial charge in [0.05, 0.1) is 5.92 Å². The van der Waals surface area contributed by atoms with Crippen LogP contribution in [0.1, 0.15) is 72.6 Å². The van der Waals surface area contributed by atoms with Crippen molar-refractivity contribution >= 4 is 18.0 Å². The lowest BCUT2D eigenvalue weighted by atomic mass is 9.97. The van der Waals surface area contributed by atoms with Gasteiger partial charge in [-0.1, -0.05) is 11.6 Å². The van der Waals surface area contributed by atoms with Gasteiger partial charge in [-0.15, -0.1) is 0 Å². The Kier molecular flexibility index (Phi) is 8.53. The van der Waals surface area contributed by atoms with E-state index in [2.05, 4.69) is 11.4 Å². The minimum Gasteiger partial charge on any atom is -0.452 e. The zero-order valence-electron chi connectivity index (χ0n) is 18.3. The van der Waals surface area contributed by atoms with Gasteiger partial charge in [-0.25, -0.2) is 4.79 Å². The van der Waals surface area contributed by atoms with Gasteiger partial charge in [0.1, 0.15) is 5.60 Å². The molecule has 1 heterocycles. The van der Waals surface area contributed by atoms with E-state index in [-0.39, 0.29) is 23.9 Å². The summed E-state index contributed by atoms with van der Waals surface area (Å²) < 4.78 is 10.7. The molecule has 0 aromatic rings. The normalized spacial score (nSPS) is 19.2. The summed E-state index contributed by atoms with van der Waals surface area (Å²) >= 11 is 0. The molecule has 29 heavy (non-hydrogen) atoms. The number of nitrogens with zero attached hydrogens (tertiary/aromatic N) is 1. The summed E-state index contributed by atoms with van der Waals surface area (Å²) in [6.07, 6.45) is 7.70. The third kappa shape index (κ3) is 8.07. The lowest BCUT2D eigenvalue weighted by Crippen LogP contribution is -2.44. The molecular weight excluding hydrogens is 372 g/mol. The molecule has 1 saturated heterocycles. The van der Waals surface area contributed by atoms with E-state index in [1.807, 2.05) is 20.8 Å². The van der Waals surface area contributed by atoms with E-state index >= 15 is 0 Å². The predicted octanol–water partition coefficient (Wildman–Crippen LogP) is 3.57. The first-order valence-electron chi connectivity index (χ1n) is 10.8. The van der Waals surface area contributed by atoms with Gasteiger partial charge in [-0.3, -0.25) is 9.59 Å². The number of likely N-dealkylation sites (tertiary alicyclic amines) is 1. The third-order valence-electron chi connectivity index (χ3n) is 5.27. The Morgan fingerprint density at radius 2 is 1.90 bits per heavy atom. The average Bonchev–Trinajstić information content (AvgIpc) is 2.67. The molecule has 0 radical (unpaired) electrons. The first-order chi connectivity index (χ1) is 13.7. The van der Waals surface area contributed by atoms with Gasteiger partial charge >= 0.3 is 12.1 Å². The van der Waals surface area contributed by atoms with Crippen molar-refractivity contribution in [3.05, 3.63) is 11.6 Å². The summed E-state index contributed by atoms with van der Waals surface area (Å²) in [6, 6.07) is 0. The maximum atomic E-state index is 12.4. The van der Waals surface area contributed by atoms with Gasteiger partial charge in [-0.2, -0.15) is 0 Å². The summed E-state index contributed by atoms with van der Waals surface area (Å²) in [5.41, 5.74) is 0.862. The molecule has 1 atom stereocenters. The number of ether oxygens (including phenoxy) is 2. The molecule has 164 valence electrons.